The lowest BCUT2D eigenvalue weighted by atomic mass is 9.93. The maximum atomic E-state index is 12.4. The lowest BCUT2D eigenvalue weighted by Crippen LogP contribution is -2.68. The lowest BCUT2D eigenvalue weighted by Gasteiger charge is -2.42. The van der Waals surface area contributed by atoms with Crippen LogP contribution >= 0.6 is 0 Å². The van der Waals surface area contributed by atoms with Crippen LogP contribution in [0.25, 0.3) is 0 Å². The van der Waals surface area contributed by atoms with E-state index in [4.69, 9.17) is 0 Å². The summed E-state index contributed by atoms with van der Waals surface area (Å²) in [7, 11) is 0. The third-order valence-electron chi connectivity index (χ3n) is 3.51. The highest BCUT2D eigenvalue weighted by molar-refractivity contribution is 5.99. The Balaban J connectivity index is 2.27. The van der Waals surface area contributed by atoms with E-state index in [0.717, 1.165) is 5.56 Å². The molecule has 0 spiro atoms. The zero-order valence-corrected chi connectivity index (χ0v) is 11.9. The van der Waals surface area contributed by atoms with Crippen molar-refractivity contribution in [2.24, 2.45) is 0 Å². The summed E-state index contributed by atoms with van der Waals surface area (Å²) in [6, 6.07) is 9.24. The first-order chi connectivity index (χ1) is 9.45. The minimum atomic E-state index is -0.854. The maximum Gasteiger partial charge on any atom is 0.248 e. The van der Waals surface area contributed by atoms with Crippen LogP contribution in [0.4, 0.5) is 0 Å². The fraction of sp³-hybridized carbons (Fsp3) is 0.375. The quantitative estimate of drug-likeness (QED) is 0.845. The van der Waals surface area contributed by atoms with Gasteiger partial charge in [0.1, 0.15) is 11.6 Å². The summed E-state index contributed by atoms with van der Waals surface area (Å²) in [5.74, 6) is -0.182. The Bertz CT molecular complexity index is 523. The number of nitrogens with one attached hydrogen (secondary N) is 1. The second-order valence-corrected chi connectivity index (χ2v) is 5.57. The Morgan fingerprint density at radius 3 is 2.55 bits per heavy atom. The highest BCUT2D eigenvalue weighted by atomic mass is 16.2. The fourth-order valence-electron chi connectivity index (χ4n) is 2.48. The summed E-state index contributed by atoms with van der Waals surface area (Å²) in [4.78, 5) is 26.4. The van der Waals surface area contributed by atoms with Crippen molar-refractivity contribution in [1.82, 2.24) is 10.2 Å². The molecule has 1 aromatic rings. The maximum absolute atomic E-state index is 12.4. The summed E-state index contributed by atoms with van der Waals surface area (Å²) >= 11 is 0. The Morgan fingerprint density at radius 1 is 1.30 bits per heavy atom. The predicted octanol–water partition coefficient (Wildman–Crippen LogP) is 1.52. The lowest BCUT2D eigenvalue weighted by molar-refractivity contribution is -0.152. The second-order valence-electron chi connectivity index (χ2n) is 5.57. The van der Waals surface area contributed by atoms with Crippen molar-refractivity contribution in [3.05, 3.63) is 48.6 Å². The smallest absolute Gasteiger partial charge is 0.248 e. The first kappa shape index (κ1) is 14.3. The number of hydrogen-bond acceptors (Lipinski definition) is 2. The van der Waals surface area contributed by atoms with Crippen molar-refractivity contribution < 1.29 is 9.59 Å². The minimum absolute atomic E-state index is 0.0714. The van der Waals surface area contributed by atoms with Gasteiger partial charge in [0.15, 0.2) is 0 Å². The molecule has 20 heavy (non-hydrogen) atoms. The number of piperazine rings is 1. The van der Waals surface area contributed by atoms with Crippen LogP contribution in [0.2, 0.25) is 0 Å². The average Bonchev–Trinajstić information content (AvgIpc) is 2.41. The molecule has 1 N–H and O–H groups in total. The molecule has 1 saturated heterocycles. The van der Waals surface area contributed by atoms with Gasteiger partial charge < -0.3 is 10.2 Å². The number of benzene rings is 1. The molecule has 1 aliphatic heterocycles. The standard InChI is InChI=1S/C16H20N2O2/c1-4-10-18-13(11-12-8-6-5-7-9-12)14(19)17-16(2,3)15(18)20/h4-9,13H,1,10-11H2,2-3H3,(H,17,19). The van der Waals surface area contributed by atoms with Crippen molar-refractivity contribution in [3.8, 4) is 0 Å². The minimum Gasteiger partial charge on any atom is -0.340 e. The van der Waals surface area contributed by atoms with E-state index >= 15 is 0 Å². The number of hydrogen-bond donors (Lipinski definition) is 1. The van der Waals surface area contributed by atoms with Crippen LogP contribution in [0.3, 0.4) is 0 Å². The van der Waals surface area contributed by atoms with Crippen molar-refractivity contribution in [2.75, 3.05) is 6.54 Å². The first-order valence-electron chi connectivity index (χ1n) is 6.73. The van der Waals surface area contributed by atoms with Crippen LogP contribution in [-0.2, 0) is 16.0 Å². The van der Waals surface area contributed by atoms with Gasteiger partial charge in [-0.2, -0.15) is 0 Å². The van der Waals surface area contributed by atoms with E-state index in [0.29, 0.717) is 13.0 Å². The molecule has 0 bridgehead atoms. The Morgan fingerprint density at radius 2 is 1.95 bits per heavy atom. The fourth-order valence-corrected chi connectivity index (χ4v) is 2.48. The number of amides is 2. The second kappa shape index (κ2) is 5.49. The van der Waals surface area contributed by atoms with E-state index in [1.165, 1.54) is 0 Å². The number of carbonyl (C=O) groups excluding carboxylic acids is 2. The molecule has 2 rings (SSSR count). The van der Waals surface area contributed by atoms with Gasteiger partial charge in [-0.15, -0.1) is 6.58 Å². The number of carbonyl (C=O) groups is 2. The Kier molecular flexibility index (Phi) is 3.93. The van der Waals surface area contributed by atoms with Crippen molar-refractivity contribution >= 4 is 11.8 Å². The van der Waals surface area contributed by atoms with Crippen LogP contribution in [0.15, 0.2) is 43.0 Å². The summed E-state index contributed by atoms with van der Waals surface area (Å²) in [5, 5.41) is 2.80. The highest BCUT2D eigenvalue weighted by Gasteiger charge is 2.44. The number of nitrogens with zero attached hydrogens (tertiary/aromatic N) is 1. The topological polar surface area (TPSA) is 49.4 Å². The molecular weight excluding hydrogens is 252 g/mol. The van der Waals surface area contributed by atoms with Crippen LogP contribution < -0.4 is 5.32 Å². The number of rotatable bonds is 4. The van der Waals surface area contributed by atoms with Crippen molar-refractivity contribution in [2.45, 2.75) is 31.8 Å². The molecule has 0 aromatic heterocycles. The molecule has 0 aliphatic carbocycles. The Labute approximate surface area is 119 Å². The summed E-state index contributed by atoms with van der Waals surface area (Å²) < 4.78 is 0. The SMILES string of the molecule is C=CCN1C(=O)C(C)(C)NC(=O)C1Cc1ccccc1. The van der Waals surface area contributed by atoms with Gasteiger partial charge in [0.2, 0.25) is 11.8 Å². The van der Waals surface area contributed by atoms with E-state index in [1.807, 2.05) is 30.3 Å². The Hall–Kier alpha value is -2.10. The molecule has 4 heteroatoms. The molecule has 1 aromatic carbocycles. The van der Waals surface area contributed by atoms with Gasteiger partial charge in [-0.25, -0.2) is 0 Å². The monoisotopic (exact) mass is 272 g/mol. The molecule has 4 nitrogen and oxygen atoms in total. The van der Waals surface area contributed by atoms with Gasteiger partial charge in [-0.05, 0) is 19.4 Å². The van der Waals surface area contributed by atoms with Crippen LogP contribution in [0.1, 0.15) is 19.4 Å². The normalized spacial score (nSPS) is 21.5. The van der Waals surface area contributed by atoms with E-state index in [-0.39, 0.29) is 11.8 Å². The molecule has 106 valence electrons. The molecule has 1 heterocycles. The van der Waals surface area contributed by atoms with Gasteiger partial charge in [-0.1, -0.05) is 36.4 Å². The van der Waals surface area contributed by atoms with Crippen molar-refractivity contribution in [1.29, 1.82) is 0 Å². The molecule has 0 saturated carbocycles. The summed E-state index contributed by atoms with van der Waals surface area (Å²) in [5.41, 5.74) is 0.182. The zero-order chi connectivity index (χ0) is 14.8. The van der Waals surface area contributed by atoms with Gasteiger partial charge in [0.05, 0.1) is 0 Å². The van der Waals surface area contributed by atoms with E-state index < -0.39 is 11.6 Å². The largest absolute Gasteiger partial charge is 0.340 e. The third-order valence-corrected chi connectivity index (χ3v) is 3.51. The van der Waals surface area contributed by atoms with E-state index in [1.54, 1.807) is 24.8 Å². The summed E-state index contributed by atoms with van der Waals surface area (Å²) in [6.07, 6.45) is 2.17. The zero-order valence-electron chi connectivity index (χ0n) is 11.9. The van der Waals surface area contributed by atoms with Crippen molar-refractivity contribution in [3.63, 3.8) is 0 Å². The molecule has 1 atom stereocenters. The van der Waals surface area contributed by atoms with Crippen LogP contribution in [0, 0.1) is 0 Å². The van der Waals surface area contributed by atoms with Gasteiger partial charge in [0, 0.05) is 13.0 Å². The highest BCUT2D eigenvalue weighted by Crippen LogP contribution is 2.20. The van der Waals surface area contributed by atoms with Crippen LogP contribution in [0.5, 0.6) is 0 Å². The predicted molar refractivity (Wildman–Crippen MR) is 78.1 cm³/mol. The summed E-state index contributed by atoms with van der Waals surface area (Å²) in [6.45, 7) is 7.51. The van der Waals surface area contributed by atoms with E-state index in [2.05, 4.69) is 11.9 Å². The third kappa shape index (κ3) is 2.74. The molecule has 1 aliphatic rings. The van der Waals surface area contributed by atoms with Crippen LogP contribution in [-0.4, -0.2) is 34.8 Å². The first-order valence-corrected chi connectivity index (χ1v) is 6.73. The van der Waals surface area contributed by atoms with Gasteiger partial charge >= 0.3 is 0 Å². The van der Waals surface area contributed by atoms with Gasteiger partial charge in [-0.3, -0.25) is 9.59 Å². The molecule has 1 fully saturated rings. The molecule has 0 radical (unpaired) electrons. The molecule has 1 unspecified atom stereocenters. The van der Waals surface area contributed by atoms with Gasteiger partial charge in [0.25, 0.3) is 0 Å². The molecule has 2 amide bonds. The molecular formula is C16H20N2O2. The van der Waals surface area contributed by atoms with E-state index in [9.17, 15) is 9.59 Å². The average molecular weight is 272 g/mol.